The van der Waals surface area contributed by atoms with Crippen LogP contribution in [0.5, 0.6) is 0 Å². The average Bonchev–Trinajstić information content (AvgIpc) is 2.46. The molecule has 0 aliphatic rings. The first-order chi connectivity index (χ1) is 10.1. The molecule has 0 heterocycles. The summed E-state index contributed by atoms with van der Waals surface area (Å²) >= 11 is 0. The van der Waals surface area contributed by atoms with Crippen molar-refractivity contribution in [3.63, 3.8) is 0 Å². The van der Waals surface area contributed by atoms with Crippen molar-refractivity contribution in [1.29, 1.82) is 0 Å². The van der Waals surface area contributed by atoms with Gasteiger partial charge in [-0.25, -0.2) is 0 Å². The number of hydrogen-bond acceptors (Lipinski definition) is 3. The fraction of sp³-hybridized carbons (Fsp3) is 0.667. The summed E-state index contributed by atoms with van der Waals surface area (Å²) in [4.78, 5) is 0. The molecule has 22 heavy (non-hydrogen) atoms. The Hall–Kier alpha value is -0.630. The Morgan fingerprint density at radius 3 is 1.55 bits per heavy atom. The standard InChI is InChI=1S/C18H31O3P/c1-12(2)15-9-16(13(3)4)18(17(10-15)14(5)6)11-22(19,20-7)21-8/h9-10,12-14H,11H2,1-8H3. The Morgan fingerprint density at radius 1 is 0.864 bits per heavy atom. The molecule has 1 aromatic rings. The van der Waals surface area contributed by atoms with E-state index in [1.807, 2.05) is 0 Å². The summed E-state index contributed by atoms with van der Waals surface area (Å²) in [6.07, 6.45) is 0.333. The molecule has 0 saturated heterocycles. The third kappa shape index (κ3) is 4.44. The van der Waals surface area contributed by atoms with E-state index in [1.54, 1.807) is 0 Å². The van der Waals surface area contributed by atoms with E-state index < -0.39 is 7.60 Å². The van der Waals surface area contributed by atoms with Crippen LogP contribution in [0.1, 0.15) is 81.5 Å². The molecule has 3 nitrogen and oxygen atoms in total. The SMILES string of the molecule is COP(=O)(Cc1c(C(C)C)cc(C(C)C)cc1C(C)C)OC. The predicted molar refractivity (Wildman–Crippen MR) is 94.0 cm³/mol. The molecule has 0 radical (unpaired) electrons. The fourth-order valence-corrected chi connectivity index (χ4v) is 3.84. The van der Waals surface area contributed by atoms with E-state index in [1.165, 1.54) is 30.9 Å². The molecule has 126 valence electrons. The molecule has 0 atom stereocenters. The molecule has 0 spiro atoms. The summed E-state index contributed by atoms with van der Waals surface area (Å²) in [6.45, 7) is 13.1. The number of rotatable bonds is 7. The van der Waals surface area contributed by atoms with Gasteiger partial charge in [0, 0.05) is 14.2 Å². The first-order valence-electron chi connectivity index (χ1n) is 8.02. The molecule has 0 aromatic heterocycles. The maximum Gasteiger partial charge on any atom is 0.334 e. The largest absolute Gasteiger partial charge is 0.334 e. The zero-order valence-corrected chi connectivity index (χ0v) is 16.2. The second-order valence-corrected chi connectivity index (χ2v) is 9.04. The van der Waals surface area contributed by atoms with E-state index in [-0.39, 0.29) is 0 Å². The number of hydrogen-bond donors (Lipinski definition) is 0. The highest BCUT2D eigenvalue weighted by Gasteiger charge is 2.27. The van der Waals surface area contributed by atoms with Crippen LogP contribution in [0.4, 0.5) is 0 Å². The molecule has 0 saturated carbocycles. The Morgan fingerprint density at radius 2 is 1.27 bits per heavy atom. The van der Waals surface area contributed by atoms with E-state index in [9.17, 15) is 4.57 Å². The van der Waals surface area contributed by atoms with Gasteiger partial charge < -0.3 is 9.05 Å². The molecule has 1 rings (SSSR count). The van der Waals surface area contributed by atoms with Crippen molar-refractivity contribution in [1.82, 2.24) is 0 Å². The van der Waals surface area contributed by atoms with Crippen molar-refractivity contribution in [3.05, 3.63) is 34.4 Å². The molecule has 0 aliphatic heterocycles. The molecule has 0 N–H and O–H groups in total. The topological polar surface area (TPSA) is 35.5 Å². The Balaban J connectivity index is 3.55. The molecule has 0 bridgehead atoms. The monoisotopic (exact) mass is 326 g/mol. The van der Waals surface area contributed by atoms with Gasteiger partial charge in [-0.05, 0) is 40.0 Å². The molecule has 0 fully saturated rings. The molecule has 4 heteroatoms. The van der Waals surface area contributed by atoms with Gasteiger partial charge in [0.25, 0.3) is 0 Å². The highest BCUT2D eigenvalue weighted by molar-refractivity contribution is 7.52. The van der Waals surface area contributed by atoms with Crippen LogP contribution in [-0.4, -0.2) is 14.2 Å². The van der Waals surface area contributed by atoms with Gasteiger partial charge in [0.1, 0.15) is 0 Å². The molecular formula is C18H31O3P. The van der Waals surface area contributed by atoms with E-state index in [2.05, 4.69) is 53.7 Å². The summed E-state index contributed by atoms with van der Waals surface area (Å²) in [5, 5.41) is 0. The van der Waals surface area contributed by atoms with E-state index in [4.69, 9.17) is 9.05 Å². The zero-order valence-electron chi connectivity index (χ0n) is 15.3. The van der Waals surface area contributed by atoms with Crippen molar-refractivity contribution in [2.24, 2.45) is 0 Å². The highest BCUT2D eigenvalue weighted by Crippen LogP contribution is 2.52. The zero-order chi connectivity index (χ0) is 17.1. The quantitative estimate of drug-likeness (QED) is 0.573. The minimum Gasteiger partial charge on any atom is -0.312 e. The molecular weight excluding hydrogens is 295 g/mol. The van der Waals surface area contributed by atoms with Crippen LogP contribution in [-0.2, 0) is 19.8 Å². The van der Waals surface area contributed by atoms with Gasteiger partial charge in [-0.15, -0.1) is 0 Å². The van der Waals surface area contributed by atoms with Crippen LogP contribution in [0.2, 0.25) is 0 Å². The van der Waals surface area contributed by atoms with Crippen LogP contribution < -0.4 is 0 Å². The van der Waals surface area contributed by atoms with Crippen LogP contribution in [0, 0.1) is 0 Å². The second-order valence-electron chi connectivity index (χ2n) is 6.78. The van der Waals surface area contributed by atoms with Crippen molar-refractivity contribution >= 4 is 7.60 Å². The van der Waals surface area contributed by atoms with Crippen molar-refractivity contribution < 1.29 is 13.6 Å². The lowest BCUT2D eigenvalue weighted by Crippen LogP contribution is -2.08. The van der Waals surface area contributed by atoms with Crippen LogP contribution in [0.3, 0.4) is 0 Å². The normalized spacial score (nSPS) is 12.7. The summed E-state index contributed by atoms with van der Waals surface area (Å²) in [5.41, 5.74) is 4.97. The van der Waals surface area contributed by atoms with Gasteiger partial charge in [-0.1, -0.05) is 53.7 Å². The Labute approximate surface area is 136 Å². The van der Waals surface area contributed by atoms with Gasteiger partial charge >= 0.3 is 7.60 Å². The Bertz CT molecular complexity index is 510. The van der Waals surface area contributed by atoms with E-state index in [0.717, 1.165) is 5.56 Å². The molecule has 0 amide bonds. The summed E-state index contributed by atoms with van der Waals surface area (Å²) in [5.74, 6) is 1.21. The minimum atomic E-state index is -3.08. The van der Waals surface area contributed by atoms with Gasteiger partial charge in [0.15, 0.2) is 0 Å². The first kappa shape index (κ1) is 19.4. The summed E-state index contributed by atoms with van der Waals surface area (Å²) < 4.78 is 23.0. The molecule has 1 aromatic carbocycles. The smallest absolute Gasteiger partial charge is 0.312 e. The lowest BCUT2D eigenvalue weighted by atomic mass is 9.85. The maximum absolute atomic E-state index is 12.6. The Kier molecular flexibility index (Phi) is 6.85. The predicted octanol–water partition coefficient (Wildman–Crippen LogP) is 6.04. The average molecular weight is 326 g/mol. The lowest BCUT2D eigenvalue weighted by Gasteiger charge is -2.24. The maximum atomic E-state index is 12.6. The lowest BCUT2D eigenvalue weighted by molar-refractivity contribution is 0.274. The third-order valence-electron chi connectivity index (χ3n) is 4.16. The highest BCUT2D eigenvalue weighted by atomic mass is 31.2. The van der Waals surface area contributed by atoms with Crippen molar-refractivity contribution in [2.45, 2.75) is 65.5 Å². The molecule has 0 aliphatic carbocycles. The number of benzene rings is 1. The van der Waals surface area contributed by atoms with Gasteiger partial charge in [0.2, 0.25) is 0 Å². The third-order valence-corrected chi connectivity index (χ3v) is 5.98. The summed E-state index contributed by atoms with van der Waals surface area (Å²) in [6, 6.07) is 4.51. The van der Waals surface area contributed by atoms with Crippen LogP contribution in [0.15, 0.2) is 12.1 Å². The van der Waals surface area contributed by atoms with Crippen molar-refractivity contribution in [2.75, 3.05) is 14.2 Å². The molecule has 0 unspecified atom stereocenters. The van der Waals surface area contributed by atoms with E-state index >= 15 is 0 Å². The van der Waals surface area contributed by atoms with Crippen LogP contribution >= 0.6 is 7.60 Å². The fourth-order valence-electron chi connectivity index (χ4n) is 2.69. The minimum absolute atomic E-state index is 0.333. The van der Waals surface area contributed by atoms with Crippen LogP contribution in [0.25, 0.3) is 0 Å². The van der Waals surface area contributed by atoms with Gasteiger partial charge in [-0.3, -0.25) is 4.57 Å². The van der Waals surface area contributed by atoms with Crippen molar-refractivity contribution in [3.8, 4) is 0 Å². The summed E-state index contributed by atoms with van der Waals surface area (Å²) in [7, 11) is -0.165. The van der Waals surface area contributed by atoms with Gasteiger partial charge in [-0.2, -0.15) is 0 Å². The second kappa shape index (κ2) is 7.77. The van der Waals surface area contributed by atoms with Gasteiger partial charge in [0.05, 0.1) is 6.16 Å². The van der Waals surface area contributed by atoms with E-state index in [0.29, 0.717) is 23.9 Å². The first-order valence-corrected chi connectivity index (χ1v) is 9.75.